The van der Waals surface area contributed by atoms with E-state index in [2.05, 4.69) is 20.2 Å². The summed E-state index contributed by atoms with van der Waals surface area (Å²) in [4.78, 5) is 36.9. The van der Waals surface area contributed by atoms with Crippen LogP contribution in [0.5, 0.6) is 0 Å². The van der Waals surface area contributed by atoms with Crippen molar-refractivity contribution in [1.29, 1.82) is 0 Å². The number of furan rings is 1. The molecule has 0 aromatic carbocycles. The summed E-state index contributed by atoms with van der Waals surface area (Å²) in [5.41, 5.74) is 0.614. The SMILES string of the molecule is Cc1cc(C(=O)N2CCN(C(C)C(=O)Nc3ncccn3)CC2)c(C)o1. The van der Waals surface area contributed by atoms with Crippen LogP contribution in [0, 0.1) is 13.8 Å². The summed E-state index contributed by atoms with van der Waals surface area (Å²) in [7, 11) is 0. The fourth-order valence-corrected chi connectivity index (χ4v) is 3.07. The van der Waals surface area contributed by atoms with Crippen LogP contribution in [0.25, 0.3) is 0 Å². The lowest BCUT2D eigenvalue weighted by Gasteiger charge is -2.37. The van der Waals surface area contributed by atoms with E-state index >= 15 is 0 Å². The average molecular weight is 357 g/mol. The molecule has 1 saturated heterocycles. The van der Waals surface area contributed by atoms with Gasteiger partial charge in [-0.25, -0.2) is 9.97 Å². The number of rotatable bonds is 4. The molecule has 138 valence electrons. The molecule has 2 aromatic heterocycles. The van der Waals surface area contributed by atoms with Crippen molar-refractivity contribution in [2.45, 2.75) is 26.8 Å². The highest BCUT2D eigenvalue weighted by Crippen LogP contribution is 2.18. The molecule has 0 saturated carbocycles. The van der Waals surface area contributed by atoms with E-state index in [1.54, 1.807) is 36.4 Å². The fraction of sp³-hybridized carbons (Fsp3) is 0.444. The van der Waals surface area contributed by atoms with E-state index < -0.39 is 0 Å². The van der Waals surface area contributed by atoms with Gasteiger partial charge in [0.15, 0.2) is 0 Å². The minimum Gasteiger partial charge on any atom is -0.466 e. The maximum Gasteiger partial charge on any atom is 0.257 e. The van der Waals surface area contributed by atoms with Crippen LogP contribution in [-0.4, -0.2) is 63.8 Å². The first-order valence-electron chi connectivity index (χ1n) is 8.64. The Morgan fingerprint density at radius 2 is 1.81 bits per heavy atom. The van der Waals surface area contributed by atoms with E-state index in [1.807, 2.05) is 13.8 Å². The number of piperazine rings is 1. The Bertz CT molecular complexity index is 781. The number of anilines is 1. The van der Waals surface area contributed by atoms with Crippen molar-refractivity contribution in [3.05, 3.63) is 41.6 Å². The van der Waals surface area contributed by atoms with E-state index in [9.17, 15) is 9.59 Å². The number of aromatic nitrogens is 2. The Balaban J connectivity index is 1.55. The maximum absolute atomic E-state index is 12.6. The summed E-state index contributed by atoms with van der Waals surface area (Å²) in [5.74, 6) is 1.50. The second-order valence-electron chi connectivity index (χ2n) is 6.39. The third-order valence-corrected chi connectivity index (χ3v) is 4.60. The largest absolute Gasteiger partial charge is 0.466 e. The van der Waals surface area contributed by atoms with Crippen LogP contribution in [0.15, 0.2) is 28.9 Å². The number of aryl methyl sites for hydroxylation is 2. The summed E-state index contributed by atoms with van der Waals surface area (Å²) in [6, 6.07) is 3.15. The molecular weight excluding hydrogens is 334 g/mol. The molecular formula is C18H23N5O3. The lowest BCUT2D eigenvalue weighted by molar-refractivity contribution is -0.121. The van der Waals surface area contributed by atoms with E-state index in [4.69, 9.17) is 4.42 Å². The van der Waals surface area contributed by atoms with Gasteiger partial charge in [0.2, 0.25) is 11.9 Å². The standard InChI is InChI=1S/C18H23N5O3/c1-12-11-15(14(3)26-12)17(25)23-9-7-22(8-10-23)13(2)16(24)21-18-19-5-4-6-20-18/h4-6,11,13H,7-10H2,1-3H3,(H,19,20,21,24). The fourth-order valence-electron chi connectivity index (χ4n) is 3.07. The first kappa shape index (κ1) is 18.1. The molecule has 3 rings (SSSR count). The minimum absolute atomic E-state index is 0.0196. The van der Waals surface area contributed by atoms with E-state index in [0.29, 0.717) is 43.5 Å². The number of amides is 2. The van der Waals surface area contributed by atoms with Crippen molar-refractivity contribution in [2.75, 3.05) is 31.5 Å². The topological polar surface area (TPSA) is 91.6 Å². The molecule has 1 fully saturated rings. The molecule has 2 aromatic rings. The van der Waals surface area contributed by atoms with Gasteiger partial charge in [-0.3, -0.25) is 19.8 Å². The summed E-state index contributed by atoms with van der Waals surface area (Å²) < 4.78 is 5.45. The van der Waals surface area contributed by atoms with Crippen LogP contribution >= 0.6 is 0 Å². The van der Waals surface area contributed by atoms with Gasteiger partial charge in [-0.05, 0) is 32.9 Å². The molecule has 0 radical (unpaired) electrons. The highest BCUT2D eigenvalue weighted by Gasteiger charge is 2.29. The smallest absolute Gasteiger partial charge is 0.257 e. The minimum atomic E-state index is -0.325. The predicted octanol–water partition coefficient (Wildman–Crippen LogP) is 1.47. The lowest BCUT2D eigenvalue weighted by atomic mass is 10.1. The van der Waals surface area contributed by atoms with Gasteiger partial charge in [-0.1, -0.05) is 0 Å². The van der Waals surface area contributed by atoms with Gasteiger partial charge in [0.1, 0.15) is 11.5 Å². The Hall–Kier alpha value is -2.74. The third kappa shape index (κ3) is 3.91. The molecule has 3 heterocycles. The summed E-state index contributed by atoms with van der Waals surface area (Å²) in [6.45, 7) is 7.88. The third-order valence-electron chi connectivity index (χ3n) is 4.60. The zero-order valence-corrected chi connectivity index (χ0v) is 15.2. The molecule has 0 spiro atoms. The molecule has 0 bridgehead atoms. The molecule has 1 aliphatic heterocycles. The second kappa shape index (κ2) is 7.65. The van der Waals surface area contributed by atoms with Gasteiger partial charge in [-0.2, -0.15) is 0 Å². The highest BCUT2D eigenvalue weighted by atomic mass is 16.3. The predicted molar refractivity (Wildman–Crippen MR) is 95.8 cm³/mol. The molecule has 1 aliphatic rings. The zero-order valence-electron chi connectivity index (χ0n) is 15.2. The summed E-state index contributed by atoms with van der Waals surface area (Å²) in [6.07, 6.45) is 3.16. The van der Waals surface area contributed by atoms with Crippen molar-refractivity contribution in [3.63, 3.8) is 0 Å². The number of hydrogen-bond acceptors (Lipinski definition) is 6. The van der Waals surface area contributed by atoms with Crippen LogP contribution in [0.4, 0.5) is 5.95 Å². The molecule has 1 N–H and O–H groups in total. The van der Waals surface area contributed by atoms with Crippen molar-refractivity contribution in [1.82, 2.24) is 19.8 Å². The molecule has 2 amide bonds. The molecule has 26 heavy (non-hydrogen) atoms. The van der Waals surface area contributed by atoms with Gasteiger partial charge in [0.05, 0.1) is 11.6 Å². The van der Waals surface area contributed by atoms with Crippen LogP contribution in [0.2, 0.25) is 0 Å². The Morgan fingerprint density at radius 1 is 1.15 bits per heavy atom. The summed E-state index contributed by atoms with van der Waals surface area (Å²) in [5, 5.41) is 2.71. The van der Waals surface area contributed by atoms with Crippen molar-refractivity contribution in [2.24, 2.45) is 0 Å². The normalized spacial score (nSPS) is 16.3. The van der Waals surface area contributed by atoms with Crippen LogP contribution < -0.4 is 5.32 Å². The van der Waals surface area contributed by atoms with Gasteiger partial charge in [0, 0.05) is 38.6 Å². The van der Waals surface area contributed by atoms with Crippen molar-refractivity contribution < 1.29 is 14.0 Å². The van der Waals surface area contributed by atoms with E-state index in [0.717, 1.165) is 5.76 Å². The number of carbonyl (C=O) groups is 2. The second-order valence-corrected chi connectivity index (χ2v) is 6.39. The quantitative estimate of drug-likeness (QED) is 0.891. The number of nitrogens with zero attached hydrogens (tertiary/aromatic N) is 4. The molecule has 1 unspecified atom stereocenters. The molecule has 1 atom stereocenters. The molecule has 8 heteroatoms. The summed E-state index contributed by atoms with van der Waals surface area (Å²) >= 11 is 0. The lowest BCUT2D eigenvalue weighted by Crippen LogP contribution is -2.54. The Labute approximate surface area is 152 Å². The van der Waals surface area contributed by atoms with Gasteiger partial charge < -0.3 is 9.32 Å². The highest BCUT2D eigenvalue weighted by molar-refractivity contribution is 5.95. The van der Waals surface area contributed by atoms with Gasteiger partial charge in [-0.15, -0.1) is 0 Å². The van der Waals surface area contributed by atoms with Crippen LogP contribution in [-0.2, 0) is 4.79 Å². The van der Waals surface area contributed by atoms with Crippen molar-refractivity contribution >= 4 is 17.8 Å². The van der Waals surface area contributed by atoms with Crippen LogP contribution in [0.1, 0.15) is 28.8 Å². The monoisotopic (exact) mass is 357 g/mol. The van der Waals surface area contributed by atoms with Crippen LogP contribution in [0.3, 0.4) is 0 Å². The van der Waals surface area contributed by atoms with Gasteiger partial charge >= 0.3 is 0 Å². The Morgan fingerprint density at radius 3 is 2.38 bits per heavy atom. The zero-order chi connectivity index (χ0) is 18.7. The number of nitrogens with one attached hydrogen (secondary N) is 1. The first-order valence-corrected chi connectivity index (χ1v) is 8.64. The van der Waals surface area contributed by atoms with E-state index in [1.165, 1.54) is 0 Å². The first-order chi connectivity index (χ1) is 12.5. The number of carbonyl (C=O) groups excluding carboxylic acids is 2. The van der Waals surface area contributed by atoms with Crippen molar-refractivity contribution in [3.8, 4) is 0 Å². The Kier molecular flexibility index (Phi) is 5.32. The average Bonchev–Trinajstić information content (AvgIpc) is 2.99. The molecule has 0 aliphatic carbocycles. The number of hydrogen-bond donors (Lipinski definition) is 1. The van der Waals surface area contributed by atoms with E-state index in [-0.39, 0.29) is 17.9 Å². The molecule has 8 nitrogen and oxygen atoms in total. The van der Waals surface area contributed by atoms with Gasteiger partial charge in [0.25, 0.3) is 5.91 Å². The maximum atomic E-state index is 12.6.